The topological polar surface area (TPSA) is 52.6 Å². The minimum atomic E-state index is -0.605. The first kappa shape index (κ1) is 16.7. The Balaban J connectivity index is 1.64. The molecule has 1 aromatic carbocycles. The molecule has 0 N–H and O–H groups in total. The Bertz CT molecular complexity index is 674. The molecule has 2 aliphatic rings. The molecule has 128 valence electrons. The van der Waals surface area contributed by atoms with Crippen molar-refractivity contribution in [1.82, 2.24) is 0 Å². The second-order valence-corrected chi connectivity index (χ2v) is 7.78. The monoisotopic (exact) mass is 328 g/mol. The molecule has 0 spiro atoms. The number of allylic oxidation sites excluding steroid dienone is 1. The number of carbonyl (C=O) groups is 2. The van der Waals surface area contributed by atoms with Crippen molar-refractivity contribution in [3.05, 3.63) is 47.5 Å². The van der Waals surface area contributed by atoms with Crippen LogP contribution in [0, 0.1) is 10.8 Å². The van der Waals surface area contributed by atoms with Crippen LogP contribution in [0.15, 0.2) is 42.0 Å². The maximum atomic E-state index is 12.4. The Kier molecular flexibility index (Phi) is 4.24. The highest BCUT2D eigenvalue weighted by Crippen LogP contribution is 2.52. The average Bonchev–Trinajstić information content (AvgIpc) is 2.75. The second kappa shape index (κ2) is 6.08. The van der Waals surface area contributed by atoms with E-state index >= 15 is 0 Å². The molecule has 0 radical (unpaired) electrons. The largest absolute Gasteiger partial charge is 0.461 e. The molecular weight excluding hydrogens is 304 g/mol. The summed E-state index contributed by atoms with van der Waals surface area (Å²) in [5.74, 6) is -0.561. The highest BCUT2D eigenvalue weighted by atomic mass is 16.6. The average molecular weight is 328 g/mol. The Labute approximate surface area is 142 Å². The summed E-state index contributed by atoms with van der Waals surface area (Å²) in [6.45, 7) is 6.47. The lowest BCUT2D eigenvalue weighted by atomic mass is 9.64. The molecule has 1 heterocycles. The van der Waals surface area contributed by atoms with E-state index in [0.717, 1.165) is 24.0 Å². The summed E-state index contributed by atoms with van der Waals surface area (Å²) in [5, 5.41) is 0. The number of hydrogen-bond acceptors (Lipinski definition) is 4. The van der Waals surface area contributed by atoms with Crippen LogP contribution in [0.4, 0.5) is 0 Å². The van der Waals surface area contributed by atoms with Crippen LogP contribution in [0.5, 0.6) is 0 Å². The fourth-order valence-corrected chi connectivity index (χ4v) is 3.84. The van der Waals surface area contributed by atoms with Crippen molar-refractivity contribution in [3.63, 3.8) is 0 Å². The lowest BCUT2D eigenvalue weighted by Crippen LogP contribution is -2.34. The summed E-state index contributed by atoms with van der Waals surface area (Å²) < 4.78 is 10.8. The van der Waals surface area contributed by atoms with E-state index in [4.69, 9.17) is 9.47 Å². The van der Waals surface area contributed by atoms with Crippen LogP contribution in [0.2, 0.25) is 0 Å². The summed E-state index contributed by atoms with van der Waals surface area (Å²) in [4.78, 5) is 24.5. The van der Waals surface area contributed by atoms with Gasteiger partial charge < -0.3 is 9.47 Å². The molecule has 1 unspecified atom stereocenters. The van der Waals surface area contributed by atoms with E-state index < -0.39 is 11.5 Å². The van der Waals surface area contributed by atoms with Gasteiger partial charge in [-0.1, -0.05) is 50.3 Å². The number of esters is 2. The van der Waals surface area contributed by atoms with Crippen molar-refractivity contribution in [3.8, 4) is 0 Å². The molecule has 3 rings (SSSR count). The molecule has 24 heavy (non-hydrogen) atoms. The molecule has 0 bridgehead atoms. The van der Waals surface area contributed by atoms with Gasteiger partial charge in [-0.15, -0.1) is 0 Å². The van der Waals surface area contributed by atoms with Gasteiger partial charge in [0.05, 0.1) is 11.8 Å². The molecule has 4 heteroatoms. The molecule has 4 nitrogen and oxygen atoms in total. The predicted molar refractivity (Wildman–Crippen MR) is 89.9 cm³/mol. The number of hydrogen-bond donors (Lipinski definition) is 0. The first-order valence-corrected chi connectivity index (χ1v) is 8.41. The number of fused-ring (bicyclic) bond motifs is 1. The van der Waals surface area contributed by atoms with Gasteiger partial charge >= 0.3 is 11.9 Å². The van der Waals surface area contributed by atoms with Gasteiger partial charge in [0.25, 0.3) is 0 Å². The van der Waals surface area contributed by atoms with E-state index in [1.807, 2.05) is 37.3 Å². The van der Waals surface area contributed by atoms with Gasteiger partial charge in [0.15, 0.2) is 0 Å². The molecule has 1 saturated heterocycles. The summed E-state index contributed by atoms with van der Waals surface area (Å²) in [7, 11) is 0. The summed E-state index contributed by atoms with van der Waals surface area (Å²) in [6, 6.07) is 9.54. The fourth-order valence-electron chi connectivity index (χ4n) is 3.84. The Morgan fingerprint density at radius 2 is 1.96 bits per heavy atom. The zero-order valence-corrected chi connectivity index (χ0v) is 14.5. The lowest BCUT2D eigenvalue weighted by molar-refractivity contribution is -0.153. The van der Waals surface area contributed by atoms with Crippen LogP contribution in [0.1, 0.15) is 45.6 Å². The molecule has 0 aromatic heterocycles. The predicted octanol–water partition coefficient (Wildman–Crippen LogP) is 3.80. The highest BCUT2D eigenvalue weighted by Gasteiger charge is 2.54. The highest BCUT2D eigenvalue weighted by molar-refractivity contribution is 5.85. The SMILES string of the molecule is CC1(C)CC=C2C(CC(=O)OCc3ccccc3)OC(=O)[C@@]2(C)C1. The van der Waals surface area contributed by atoms with Crippen LogP contribution < -0.4 is 0 Å². The zero-order chi connectivity index (χ0) is 17.4. The van der Waals surface area contributed by atoms with Crippen molar-refractivity contribution < 1.29 is 19.1 Å². The smallest absolute Gasteiger partial charge is 0.316 e. The third-order valence-electron chi connectivity index (χ3n) is 4.99. The van der Waals surface area contributed by atoms with Crippen molar-refractivity contribution >= 4 is 11.9 Å². The van der Waals surface area contributed by atoms with Crippen LogP contribution >= 0.6 is 0 Å². The molecule has 0 amide bonds. The van der Waals surface area contributed by atoms with E-state index in [0.29, 0.717) is 0 Å². The van der Waals surface area contributed by atoms with Crippen molar-refractivity contribution in [2.45, 2.75) is 52.7 Å². The number of carbonyl (C=O) groups excluding carboxylic acids is 2. The quantitative estimate of drug-likeness (QED) is 0.623. The van der Waals surface area contributed by atoms with Crippen molar-refractivity contribution in [1.29, 1.82) is 0 Å². The van der Waals surface area contributed by atoms with Gasteiger partial charge in [-0.05, 0) is 36.3 Å². The first-order valence-electron chi connectivity index (χ1n) is 8.41. The molecule has 1 aliphatic carbocycles. The standard InChI is InChI=1S/C20H24O4/c1-19(2)10-9-15-16(24-18(22)20(15,3)13-19)11-17(21)23-12-14-7-5-4-6-8-14/h4-9,16H,10-13H2,1-3H3/t16?,20-/m0/s1. The number of cyclic esters (lactones) is 1. The van der Waals surface area contributed by atoms with E-state index in [1.54, 1.807) is 0 Å². The lowest BCUT2D eigenvalue weighted by Gasteiger charge is -2.37. The minimum absolute atomic E-state index is 0.0694. The number of ether oxygens (including phenoxy) is 2. The molecule has 1 aliphatic heterocycles. The summed E-state index contributed by atoms with van der Waals surface area (Å²) in [5.41, 5.74) is 1.35. The van der Waals surface area contributed by atoms with Crippen LogP contribution in [0.25, 0.3) is 0 Å². The molecule has 1 aromatic rings. The van der Waals surface area contributed by atoms with E-state index in [2.05, 4.69) is 19.9 Å². The van der Waals surface area contributed by atoms with Gasteiger partial charge in [0.1, 0.15) is 12.7 Å². The third kappa shape index (κ3) is 3.23. The minimum Gasteiger partial charge on any atom is -0.461 e. The molecule has 2 atom stereocenters. The maximum absolute atomic E-state index is 12.4. The normalized spacial score (nSPS) is 27.9. The van der Waals surface area contributed by atoms with Crippen molar-refractivity contribution in [2.24, 2.45) is 10.8 Å². The summed E-state index contributed by atoms with van der Waals surface area (Å²) in [6.07, 6.45) is 3.33. The molecular formula is C20H24O4. The van der Waals surface area contributed by atoms with Crippen LogP contribution in [-0.2, 0) is 25.7 Å². The molecule has 1 fully saturated rings. The van der Waals surface area contributed by atoms with Gasteiger partial charge in [-0.3, -0.25) is 9.59 Å². The first-order chi connectivity index (χ1) is 11.3. The van der Waals surface area contributed by atoms with Crippen molar-refractivity contribution in [2.75, 3.05) is 0 Å². The van der Waals surface area contributed by atoms with Gasteiger partial charge in [0, 0.05) is 0 Å². The maximum Gasteiger partial charge on any atom is 0.316 e. The van der Waals surface area contributed by atoms with E-state index in [-0.39, 0.29) is 30.4 Å². The second-order valence-electron chi connectivity index (χ2n) is 7.78. The Hall–Kier alpha value is -2.10. The van der Waals surface area contributed by atoms with E-state index in [1.165, 1.54) is 0 Å². The Morgan fingerprint density at radius 3 is 2.67 bits per heavy atom. The van der Waals surface area contributed by atoms with E-state index in [9.17, 15) is 9.59 Å². The van der Waals surface area contributed by atoms with Gasteiger partial charge in [-0.2, -0.15) is 0 Å². The van der Waals surface area contributed by atoms with Gasteiger partial charge in [-0.25, -0.2) is 0 Å². The van der Waals surface area contributed by atoms with Crippen LogP contribution in [0.3, 0.4) is 0 Å². The van der Waals surface area contributed by atoms with Crippen LogP contribution in [-0.4, -0.2) is 18.0 Å². The number of rotatable bonds is 4. The molecule has 0 saturated carbocycles. The number of benzene rings is 1. The fraction of sp³-hybridized carbons (Fsp3) is 0.500. The third-order valence-corrected chi connectivity index (χ3v) is 4.99. The Morgan fingerprint density at radius 1 is 1.25 bits per heavy atom. The van der Waals surface area contributed by atoms with Gasteiger partial charge in [0.2, 0.25) is 0 Å². The summed E-state index contributed by atoms with van der Waals surface area (Å²) >= 11 is 0. The zero-order valence-electron chi connectivity index (χ0n) is 14.5.